The molecule has 0 saturated carbocycles. The van der Waals surface area contributed by atoms with Crippen LogP contribution in [0, 0.1) is 0 Å². The lowest BCUT2D eigenvalue weighted by atomic mass is 10.2. The smallest absolute Gasteiger partial charge is 0.222 e. The first-order valence-corrected chi connectivity index (χ1v) is 5.13. The first kappa shape index (κ1) is 14.3. The summed E-state index contributed by atoms with van der Waals surface area (Å²) in [6, 6.07) is 0. The molecular weight excluding hydrogens is 198 g/mol. The molecule has 0 saturated heterocycles. The lowest BCUT2D eigenvalue weighted by Crippen LogP contribution is -2.36. The van der Waals surface area contributed by atoms with E-state index < -0.39 is 6.10 Å². The van der Waals surface area contributed by atoms with Crippen LogP contribution in [0.4, 0.5) is 0 Å². The molecule has 0 aromatic heterocycles. The Morgan fingerprint density at radius 1 is 1.47 bits per heavy atom. The molecule has 0 bridgehead atoms. The molecule has 5 nitrogen and oxygen atoms in total. The van der Waals surface area contributed by atoms with E-state index in [0.29, 0.717) is 19.3 Å². The van der Waals surface area contributed by atoms with Gasteiger partial charge in [-0.05, 0) is 12.8 Å². The molecule has 5 heteroatoms. The summed E-state index contributed by atoms with van der Waals surface area (Å²) in [5.41, 5.74) is 0. The van der Waals surface area contributed by atoms with E-state index in [9.17, 15) is 9.90 Å². The van der Waals surface area contributed by atoms with Crippen molar-refractivity contribution >= 4 is 5.91 Å². The van der Waals surface area contributed by atoms with Crippen LogP contribution in [0.2, 0.25) is 0 Å². The molecule has 0 aromatic rings. The third-order valence-corrected chi connectivity index (χ3v) is 2.07. The second-order valence-corrected chi connectivity index (χ2v) is 3.56. The van der Waals surface area contributed by atoms with Crippen molar-refractivity contribution in [3.8, 4) is 0 Å². The van der Waals surface area contributed by atoms with E-state index in [0.717, 1.165) is 0 Å². The summed E-state index contributed by atoms with van der Waals surface area (Å²) in [5.74, 6) is -0.0152. The minimum atomic E-state index is -0.637. The van der Waals surface area contributed by atoms with Crippen LogP contribution in [-0.4, -0.2) is 61.0 Å². The van der Waals surface area contributed by atoms with Crippen molar-refractivity contribution in [2.75, 3.05) is 33.9 Å². The highest BCUT2D eigenvalue weighted by molar-refractivity contribution is 5.75. The van der Waals surface area contributed by atoms with Gasteiger partial charge in [0.1, 0.15) is 0 Å². The molecule has 1 atom stereocenters. The summed E-state index contributed by atoms with van der Waals surface area (Å²) in [7, 11) is 3.16. The standard InChI is InChI=1S/C10H21NO4/c1-11(7-9(13)8-15-2)10(14)5-3-4-6-12/h9,12-13H,3-8H2,1-2H3. The Morgan fingerprint density at radius 3 is 2.67 bits per heavy atom. The van der Waals surface area contributed by atoms with Gasteiger partial charge in [-0.3, -0.25) is 4.79 Å². The van der Waals surface area contributed by atoms with E-state index >= 15 is 0 Å². The van der Waals surface area contributed by atoms with Crippen molar-refractivity contribution in [2.45, 2.75) is 25.4 Å². The zero-order valence-electron chi connectivity index (χ0n) is 9.48. The quantitative estimate of drug-likeness (QED) is 0.546. The van der Waals surface area contributed by atoms with Crippen LogP contribution >= 0.6 is 0 Å². The predicted octanol–water partition coefficient (Wildman–Crippen LogP) is -0.385. The number of rotatable bonds is 8. The number of aliphatic hydroxyl groups is 2. The number of hydrogen-bond donors (Lipinski definition) is 2. The minimum Gasteiger partial charge on any atom is -0.396 e. The molecule has 90 valence electrons. The number of nitrogens with zero attached hydrogens (tertiary/aromatic N) is 1. The second kappa shape index (κ2) is 8.64. The monoisotopic (exact) mass is 219 g/mol. The number of hydrogen-bond acceptors (Lipinski definition) is 4. The van der Waals surface area contributed by atoms with Gasteiger partial charge in [-0.2, -0.15) is 0 Å². The van der Waals surface area contributed by atoms with Gasteiger partial charge in [0.05, 0.1) is 12.7 Å². The largest absolute Gasteiger partial charge is 0.396 e. The van der Waals surface area contributed by atoms with E-state index in [1.54, 1.807) is 7.05 Å². The fraction of sp³-hybridized carbons (Fsp3) is 0.900. The van der Waals surface area contributed by atoms with Crippen molar-refractivity contribution in [2.24, 2.45) is 0 Å². The molecule has 0 rings (SSSR count). The van der Waals surface area contributed by atoms with Crippen LogP contribution in [0.3, 0.4) is 0 Å². The van der Waals surface area contributed by atoms with Crippen LogP contribution in [-0.2, 0) is 9.53 Å². The predicted molar refractivity (Wildman–Crippen MR) is 56.5 cm³/mol. The summed E-state index contributed by atoms with van der Waals surface area (Å²) in [6.45, 7) is 0.628. The molecule has 0 aliphatic rings. The van der Waals surface area contributed by atoms with E-state index in [4.69, 9.17) is 9.84 Å². The van der Waals surface area contributed by atoms with Gasteiger partial charge in [0.25, 0.3) is 0 Å². The average molecular weight is 219 g/mol. The Balaban J connectivity index is 3.68. The number of aliphatic hydroxyl groups excluding tert-OH is 2. The molecule has 0 aliphatic carbocycles. The van der Waals surface area contributed by atoms with Gasteiger partial charge >= 0.3 is 0 Å². The lowest BCUT2D eigenvalue weighted by molar-refractivity contribution is -0.131. The highest BCUT2D eigenvalue weighted by Gasteiger charge is 2.12. The number of carbonyl (C=O) groups excluding carboxylic acids is 1. The maximum absolute atomic E-state index is 11.4. The van der Waals surface area contributed by atoms with Crippen molar-refractivity contribution in [1.29, 1.82) is 0 Å². The third-order valence-electron chi connectivity index (χ3n) is 2.07. The average Bonchev–Trinajstić information content (AvgIpc) is 2.18. The fourth-order valence-corrected chi connectivity index (χ4v) is 1.24. The Kier molecular flexibility index (Phi) is 8.27. The molecule has 2 N–H and O–H groups in total. The van der Waals surface area contributed by atoms with Gasteiger partial charge in [-0.15, -0.1) is 0 Å². The zero-order chi connectivity index (χ0) is 11.7. The second-order valence-electron chi connectivity index (χ2n) is 3.56. The van der Waals surface area contributed by atoms with Crippen molar-refractivity contribution in [3.63, 3.8) is 0 Å². The third kappa shape index (κ3) is 7.30. The van der Waals surface area contributed by atoms with Crippen molar-refractivity contribution in [1.82, 2.24) is 4.90 Å². The fourth-order valence-electron chi connectivity index (χ4n) is 1.24. The lowest BCUT2D eigenvalue weighted by Gasteiger charge is -2.20. The van der Waals surface area contributed by atoms with Crippen LogP contribution < -0.4 is 0 Å². The summed E-state index contributed by atoms with van der Waals surface area (Å²) < 4.78 is 4.76. The van der Waals surface area contributed by atoms with E-state index in [2.05, 4.69) is 0 Å². The minimum absolute atomic E-state index is 0.0152. The molecule has 1 unspecified atom stereocenters. The number of amides is 1. The molecular formula is C10H21NO4. The Hall–Kier alpha value is -0.650. The summed E-state index contributed by atoms with van der Waals surface area (Å²) >= 11 is 0. The maximum Gasteiger partial charge on any atom is 0.222 e. The summed E-state index contributed by atoms with van der Waals surface area (Å²) in [5, 5.41) is 17.9. The van der Waals surface area contributed by atoms with Crippen molar-refractivity contribution in [3.05, 3.63) is 0 Å². The van der Waals surface area contributed by atoms with E-state index in [1.807, 2.05) is 0 Å². The topological polar surface area (TPSA) is 70.0 Å². The molecule has 0 fully saturated rings. The summed E-state index contributed by atoms with van der Waals surface area (Å²) in [4.78, 5) is 12.9. The normalized spacial score (nSPS) is 12.5. The van der Waals surface area contributed by atoms with Crippen LogP contribution in [0.25, 0.3) is 0 Å². The number of ether oxygens (including phenoxy) is 1. The van der Waals surface area contributed by atoms with Gasteiger partial charge in [0.2, 0.25) is 5.91 Å². The van der Waals surface area contributed by atoms with Gasteiger partial charge < -0.3 is 19.8 Å². The molecule has 0 aromatic carbocycles. The molecule has 1 amide bonds. The van der Waals surface area contributed by atoms with Gasteiger partial charge in [0, 0.05) is 33.7 Å². The molecule has 15 heavy (non-hydrogen) atoms. The van der Waals surface area contributed by atoms with E-state index in [-0.39, 0.29) is 25.7 Å². The maximum atomic E-state index is 11.4. The van der Waals surface area contributed by atoms with Gasteiger partial charge in [-0.25, -0.2) is 0 Å². The first-order chi connectivity index (χ1) is 7.11. The Bertz CT molecular complexity index is 175. The molecule has 0 radical (unpaired) electrons. The first-order valence-electron chi connectivity index (χ1n) is 5.13. The van der Waals surface area contributed by atoms with Crippen LogP contribution in [0.1, 0.15) is 19.3 Å². The van der Waals surface area contributed by atoms with E-state index in [1.165, 1.54) is 12.0 Å². The van der Waals surface area contributed by atoms with Gasteiger partial charge in [-0.1, -0.05) is 0 Å². The highest BCUT2D eigenvalue weighted by atomic mass is 16.5. The molecule has 0 heterocycles. The zero-order valence-corrected chi connectivity index (χ0v) is 9.48. The number of likely N-dealkylation sites (N-methyl/N-ethyl adjacent to an activating group) is 1. The number of methoxy groups -OCH3 is 1. The summed E-state index contributed by atoms with van der Waals surface area (Å²) in [6.07, 6.45) is 1.10. The Morgan fingerprint density at radius 2 is 2.13 bits per heavy atom. The van der Waals surface area contributed by atoms with Crippen LogP contribution in [0.5, 0.6) is 0 Å². The SMILES string of the molecule is COCC(O)CN(C)C(=O)CCCCO. The van der Waals surface area contributed by atoms with Gasteiger partial charge in [0.15, 0.2) is 0 Å². The number of unbranched alkanes of at least 4 members (excludes halogenated alkanes) is 1. The highest BCUT2D eigenvalue weighted by Crippen LogP contribution is 2.00. The number of carbonyl (C=O) groups is 1. The Labute approximate surface area is 90.6 Å². The van der Waals surface area contributed by atoms with Crippen molar-refractivity contribution < 1.29 is 19.7 Å². The molecule has 0 spiro atoms. The van der Waals surface area contributed by atoms with Crippen LogP contribution in [0.15, 0.2) is 0 Å². The molecule has 0 aliphatic heterocycles.